The molecule has 0 aromatic rings. The monoisotopic (exact) mass is 362 g/mol. The van der Waals surface area contributed by atoms with E-state index in [1.807, 2.05) is 4.90 Å². The first-order valence-corrected chi connectivity index (χ1v) is 10.2. The van der Waals surface area contributed by atoms with Crippen molar-refractivity contribution in [3.63, 3.8) is 0 Å². The highest BCUT2D eigenvalue weighted by molar-refractivity contribution is 6.09. The van der Waals surface area contributed by atoms with E-state index >= 15 is 0 Å². The summed E-state index contributed by atoms with van der Waals surface area (Å²) in [6.45, 7) is 3.44. The highest BCUT2D eigenvalue weighted by Gasteiger charge is 2.52. The molecule has 1 saturated carbocycles. The largest absolute Gasteiger partial charge is 0.340 e. The average molecular weight is 362 g/mol. The number of hydrogen-bond donors (Lipinski definition) is 2. The molecule has 1 aliphatic carbocycles. The van der Waals surface area contributed by atoms with Crippen LogP contribution in [0.2, 0.25) is 0 Å². The van der Waals surface area contributed by atoms with Gasteiger partial charge in [-0.25, -0.2) is 4.79 Å². The number of nitrogens with zero attached hydrogens (tertiary/aromatic N) is 2. The first-order chi connectivity index (χ1) is 12.5. The first kappa shape index (κ1) is 17.8. The molecule has 0 aromatic carbocycles. The minimum atomic E-state index is -0.761. The van der Waals surface area contributed by atoms with Crippen molar-refractivity contribution in [2.45, 2.75) is 75.9 Å². The minimum Gasteiger partial charge on any atom is -0.340 e. The Bertz CT molecular complexity index is 600. The van der Waals surface area contributed by atoms with Crippen molar-refractivity contribution in [2.75, 3.05) is 19.6 Å². The molecule has 3 aliphatic heterocycles. The standard InChI is InChI=1S/C19H30N4O3/c1-2-13-5-8-19(9-6-13)17(25)23(18(26)21-19)12-16(24)22-10-7-14-3-4-15(11-22)20-14/h13-15,20H,2-12H2,1H3,(H,21,26). The van der Waals surface area contributed by atoms with Crippen molar-refractivity contribution in [3.05, 3.63) is 0 Å². The second-order valence-electron chi connectivity index (χ2n) is 8.52. The number of carbonyl (C=O) groups is 3. The highest BCUT2D eigenvalue weighted by atomic mass is 16.2. The third-order valence-corrected chi connectivity index (χ3v) is 6.95. The Balaban J connectivity index is 1.39. The van der Waals surface area contributed by atoms with Crippen LogP contribution in [0, 0.1) is 5.92 Å². The van der Waals surface area contributed by atoms with Gasteiger partial charge in [-0.15, -0.1) is 0 Å². The molecular formula is C19H30N4O3. The van der Waals surface area contributed by atoms with Gasteiger partial charge in [-0.05, 0) is 50.9 Å². The number of urea groups is 1. The lowest BCUT2D eigenvalue weighted by Gasteiger charge is -2.34. The van der Waals surface area contributed by atoms with Gasteiger partial charge in [0.15, 0.2) is 0 Å². The zero-order valence-electron chi connectivity index (χ0n) is 15.6. The number of carbonyl (C=O) groups excluding carboxylic acids is 3. The number of imide groups is 1. The van der Waals surface area contributed by atoms with E-state index in [2.05, 4.69) is 17.6 Å². The number of fused-ring (bicyclic) bond motifs is 2. The quantitative estimate of drug-likeness (QED) is 0.740. The van der Waals surface area contributed by atoms with Gasteiger partial charge in [0.2, 0.25) is 5.91 Å². The third-order valence-electron chi connectivity index (χ3n) is 6.95. The Morgan fingerprint density at radius 2 is 1.85 bits per heavy atom. The Morgan fingerprint density at radius 1 is 1.12 bits per heavy atom. The van der Waals surface area contributed by atoms with Gasteiger partial charge in [0.25, 0.3) is 5.91 Å². The van der Waals surface area contributed by atoms with Crippen molar-refractivity contribution >= 4 is 17.8 Å². The number of amides is 4. The Hall–Kier alpha value is -1.63. The van der Waals surface area contributed by atoms with E-state index in [-0.39, 0.29) is 18.4 Å². The van der Waals surface area contributed by atoms with Crippen molar-refractivity contribution < 1.29 is 14.4 Å². The van der Waals surface area contributed by atoms with E-state index in [1.54, 1.807) is 0 Å². The minimum absolute atomic E-state index is 0.109. The van der Waals surface area contributed by atoms with Crippen molar-refractivity contribution in [1.82, 2.24) is 20.4 Å². The summed E-state index contributed by atoms with van der Waals surface area (Å²) in [5, 5.41) is 6.47. The summed E-state index contributed by atoms with van der Waals surface area (Å²) in [6, 6.07) is 0.463. The maximum atomic E-state index is 13.0. The van der Waals surface area contributed by atoms with Crippen molar-refractivity contribution in [3.8, 4) is 0 Å². The smallest absolute Gasteiger partial charge is 0.325 e. The Morgan fingerprint density at radius 3 is 2.58 bits per heavy atom. The Labute approximate surface area is 154 Å². The normalized spacial score (nSPS) is 37.2. The molecule has 4 rings (SSSR count). The van der Waals surface area contributed by atoms with Gasteiger partial charge in [-0.2, -0.15) is 0 Å². The van der Waals surface area contributed by atoms with E-state index in [1.165, 1.54) is 6.42 Å². The van der Waals surface area contributed by atoms with Gasteiger partial charge < -0.3 is 15.5 Å². The summed E-state index contributed by atoms with van der Waals surface area (Å²) < 4.78 is 0. The molecule has 1 spiro atoms. The molecule has 7 heteroatoms. The molecule has 2 unspecified atom stereocenters. The van der Waals surface area contributed by atoms with Gasteiger partial charge >= 0.3 is 6.03 Å². The van der Waals surface area contributed by atoms with Crippen LogP contribution in [0.15, 0.2) is 0 Å². The molecule has 4 amide bonds. The number of nitrogens with one attached hydrogen (secondary N) is 2. The molecule has 26 heavy (non-hydrogen) atoms. The summed E-state index contributed by atoms with van der Waals surface area (Å²) in [6.07, 6.45) is 7.66. The molecule has 2 bridgehead atoms. The summed E-state index contributed by atoms with van der Waals surface area (Å²) in [5.41, 5.74) is -0.761. The molecule has 3 heterocycles. The summed E-state index contributed by atoms with van der Waals surface area (Å²) in [7, 11) is 0. The van der Waals surface area contributed by atoms with E-state index in [0.29, 0.717) is 43.9 Å². The van der Waals surface area contributed by atoms with Gasteiger partial charge in [-0.1, -0.05) is 13.3 Å². The van der Waals surface area contributed by atoms with E-state index in [4.69, 9.17) is 0 Å². The number of hydrogen-bond acceptors (Lipinski definition) is 4. The van der Waals surface area contributed by atoms with Crippen LogP contribution in [0.1, 0.15) is 58.3 Å². The predicted octanol–water partition coefficient (Wildman–Crippen LogP) is 1.23. The van der Waals surface area contributed by atoms with Crippen LogP contribution >= 0.6 is 0 Å². The maximum Gasteiger partial charge on any atom is 0.325 e. The molecule has 7 nitrogen and oxygen atoms in total. The Kier molecular flexibility index (Phi) is 4.67. The van der Waals surface area contributed by atoms with E-state index in [9.17, 15) is 14.4 Å². The fraction of sp³-hybridized carbons (Fsp3) is 0.842. The van der Waals surface area contributed by atoms with Crippen molar-refractivity contribution in [2.24, 2.45) is 5.92 Å². The maximum absolute atomic E-state index is 13.0. The van der Waals surface area contributed by atoms with Crippen LogP contribution in [-0.4, -0.2) is 64.9 Å². The molecule has 4 fully saturated rings. The highest BCUT2D eigenvalue weighted by Crippen LogP contribution is 2.37. The first-order valence-electron chi connectivity index (χ1n) is 10.2. The molecule has 3 saturated heterocycles. The fourth-order valence-corrected chi connectivity index (χ4v) is 5.14. The SMILES string of the molecule is CCC1CCC2(CC1)NC(=O)N(CC(=O)N1CCC3CCC(C1)N3)C2=O. The van der Waals surface area contributed by atoms with Crippen LogP contribution in [-0.2, 0) is 9.59 Å². The zero-order chi connectivity index (χ0) is 18.3. The zero-order valence-corrected chi connectivity index (χ0v) is 15.6. The number of likely N-dealkylation sites (tertiary alicyclic amines) is 1. The van der Waals surface area contributed by atoms with Crippen LogP contribution < -0.4 is 10.6 Å². The van der Waals surface area contributed by atoms with E-state index < -0.39 is 11.6 Å². The van der Waals surface area contributed by atoms with E-state index in [0.717, 1.165) is 37.0 Å². The topological polar surface area (TPSA) is 81.8 Å². The lowest BCUT2D eigenvalue weighted by molar-refractivity contribution is -0.139. The van der Waals surface area contributed by atoms with Crippen LogP contribution in [0.3, 0.4) is 0 Å². The molecule has 0 aromatic heterocycles. The second kappa shape index (κ2) is 6.83. The molecule has 4 aliphatic rings. The van der Waals surface area contributed by atoms with Gasteiger partial charge in [0.1, 0.15) is 12.1 Å². The third kappa shape index (κ3) is 3.10. The second-order valence-corrected chi connectivity index (χ2v) is 8.52. The summed E-state index contributed by atoms with van der Waals surface area (Å²) in [4.78, 5) is 41.2. The molecule has 0 radical (unpaired) electrons. The molecular weight excluding hydrogens is 332 g/mol. The predicted molar refractivity (Wildman–Crippen MR) is 96.4 cm³/mol. The van der Waals surface area contributed by atoms with Crippen molar-refractivity contribution in [1.29, 1.82) is 0 Å². The van der Waals surface area contributed by atoms with Gasteiger partial charge in [0, 0.05) is 25.2 Å². The van der Waals surface area contributed by atoms with Gasteiger partial charge in [-0.3, -0.25) is 14.5 Å². The molecule has 2 atom stereocenters. The fourth-order valence-electron chi connectivity index (χ4n) is 5.14. The van der Waals surface area contributed by atoms with Gasteiger partial charge in [0.05, 0.1) is 0 Å². The average Bonchev–Trinajstić information content (AvgIpc) is 3.07. The summed E-state index contributed by atoms with van der Waals surface area (Å²) >= 11 is 0. The van der Waals surface area contributed by atoms with Crippen LogP contribution in [0.4, 0.5) is 4.79 Å². The molecule has 144 valence electrons. The number of rotatable bonds is 3. The molecule has 2 N–H and O–H groups in total. The lowest BCUT2D eigenvalue weighted by Crippen LogP contribution is -2.50. The van der Waals surface area contributed by atoms with Crippen LogP contribution in [0.5, 0.6) is 0 Å². The summed E-state index contributed by atoms with van der Waals surface area (Å²) in [5.74, 6) is 0.336. The lowest BCUT2D eigenvalue weighted by atomic mass is 9.75. The van der Waals surface area contributed by atoms with Crippen LogP contribution in [0.25, 0.3) is 0 Å².